The summed E-state index contributed by atoms with van der Waals surface area (Å²) in [6.07, 6.45) is 3.31. The van der Waals surface area contributed by atoms with E-state index in [0.29, 0.717) is 18.9 Å². The Balaban J connectivity index is 1.88. The number of benzene rings is 1. The van der Waals surface area contributed by atoms with E-state index >= 15 is 0 Å². The van der Waals surface area contributed by atoms with Gasteiger partial charge in [0.05, 0.1) is 12.6 Å². The molecule has 1 aliphatic rings. The lowest BCUT2D eigenvalue weighted by Crippen LogP contribution is -2.51. The van der Waals surface area contributed by atoms with Crippen LogP contribution in [0.2, 0.25) is 0 Å². The molecule has 0 radical (unpaired) electrons. The maximum absolute atomic E-state index is 12.9. The topological polar surface area (TPSA) is 47.4 Å². The predicted octanol–water partition coefficient (Wildman–Crippen LogP) is 3.05. The zero-order valence-corrected chi connectivity index (χ0v) is 14.8. The van der Waals surface area contributed by atoms with Gasteiger partial charge in [0, 0.05) is 26.0 Å². The number of carbonyl (C=O) groups excluding carboxylic acids is 1. The maximum atomic E-state index is 12.9. The first-order valence-electron chi connectivity index (χ1n) is 8.33. The van der Waals surface area contributed by atoms with E-state index in [1.807, 2.05) is 30.1 Å². The zero-order valence-electron chi connectivity index (χ0n) is 14.8. The van der Waals surface area contributed by atoms with Crippen molar-refractivity contribution >= 4 is 5.91 Å². The molecule has 1 aromatic heterocycles. The molecule has 2 heterocycles. The van der Waals surface area contributed by atoms with Crippen LogP contribution in [0.4, 0.5) is 0 Å². The lowest BCUT2D eigenvalue weighted by Gasteiger charge is -2.43. The van der Waals surface area contributed by atoms with E-state index < -0.39 is 0 Å². The molecule has 5 nitrogen and oxygen atoms in total. The predicted molar refractivity (Wildman–Crippen MR) is 92.6 cm³/mol. The molecule has 0 bridgehead atoms. The fourth-order valence-electron chi connectivity index (χ4n) is 2.97. The van der Waals surface area contributed by atoms with Crippen LogP contribution >= 0.6 is 0 Å². The first-order chi connectivity index (χ1) is 11.4. The Morgan fingerprint density at radius 3 is 2.50 bits per heavy atom. The number of hydrogen-bond donors (Lipinski definition) is 0. The van der Waals surface area contributed by atoms with Gasteiger partial charge >= 0.3 is 0 Å². The summed E-state index contributed by atoms with van der Waals surface area (Å²) in [6, 6.07) is 10.1. The van der Waals surface area contributed by atoms with Crippen LogP contribution in [0.15, 0.2) is 42.7 Å². The molecule has 0 spiro atoms. The average Bonchev–Trinajstić information content (AvgIpc) is 3.00. The van der Waals surface area contributed by atoms with E-state index in [2.05, 4.69) is 37.9 Å². The van der Waals surface area contributed by atoms with Crippen molar-refractivity contribution in [1.82, 2.24) is 14.5 Å². The normalized spacial score (nSPS) is 21.8. The van der Waals surface area contributed by atoms with Gasteiger partial charge in [-0.05, 0) is 11.0 Å². The van der Waals surface area contributed by atoms with Crippen molar-refractivity contribution in [3.8, 4) is 0 Å². The molecule has 128 valence electrons. The lowest BCUT2D eigenvalue weighted by atomic mass is 9.87. The molecule has 3 rings (SSSR count). The number of morpholine rings is 1. The number of rotatable bonds is 2. The van der Waals surface area contributed by atoms with Crippen molar-refractivity contribution in [2.24, 2.45) is 12.5 Å². The molecule has 2 aromatic rings. The van der Waals surface area contributed by atoms with Crippen LogP contribution < -0.4 is 0 Å². The van der Waals surface area contributed by atoms with E-state index in [-0.39, 0.29) is 23.5 Å². The lowest BCUT2D eigenvalue weighted by molar-refractivity contribution is -0.119. The van der Waals surface area contributed by atoms with Gasteiger partial charge < -0.3 is 14.2 Å². The Morgan fingerprint density at radius 1 is 1.21 bits per heavy atom. The number of nitrogens with zero attached hydrogens (tertiary/aromatic N) is 3. The highest BCUT2D eigenvalue weighted by Gasteiger charge is 2.38. The second kappa shape index (κ2) is 6.40. The summed E-state index contributed by atoms with van der Waals surface area (Å²) in [7, 11) is 1.84. The summed E-state index contributed by atoms with van der Waals surface area (Å²) < 4.78 is 8.11. The van der Waals surface area contributed by atoms with Crippen LogP contribution in [-0.4, -0.2) is 39.6 Å². The van der Waals surface area contributed by atoms with E-state index in [0.717, 1.165) is 5.56 Å². The molecule has 1 amide bonds. The van der Waals surface area contributed by atoms with Crippen LogP contribution in [0.3, 0.4) is 0 Å². The number of ether oxygens (including phenoxy) is 1. The highest BCUT2D eigenvalue weighted by molar-refractivity contribution is 5.91. The minimum Gasteiger partial charge on any atom is -0.366 e. The molecule has 1 fully saturated rings. The molecule has 0 N–H and O–H groups in total. The van der Waals surface area contributed by atoms with Crippen LogP contribution in [0, 0.1) is 5.41 Å². The maximum Gasteiger partial charge on any atom is 0.290 e. The Kier molecular flexibility index (Phi) is 4.45. The fraction of sp³-hybridized carbons (Fsp3) is 0.474. The molecule has 1 saturated heterocycles. The highest BCUT2D eigenvalue weighted by Crippen LogP contribution is 2.33. The number of aromatic nitrogens is 2. The van der Waals surface area contributed by atoms with Gasteiger partial charge in [-0.1, -0.05) is 51.1 Å². The molecular formula is C19H25N3O2. The Bertz CT molecular complexity index is 703. The van der Waals surface area contributed by atoms with Crippen molar-refractivity contribution in [2.75, 3.05) is 13.1 Å². The molecule has 0 unspecified atom stereocenters. The largest absolute Gasteiger partial charge is 0.366 e. The van der Waals surface area contributed by atoms with Gasteiger partial charge in [-0.3, -0.25) is 4.79 Å². The number of amides is 1. The van der Waals surface area contributed by atoms with Crippen molar-refractivity contribution in [1.29, 1.82) is 0 Å². The number of hydrogen-bond acceptors (Lipinski definition) is 3. The molecule has 0 saturated carbocycles. The van der Waals surface area contributed by atoms with Crippen molar-refractivity contribution < 1.29 is 9.53 Å². The van der Waals surface area contributed by atoms with Crippen LogP contribution in [-0.2, 0) is 11.8 Å². The quantitative estimate of drug-likeness (QED) is 0.852. The second-order valence-corrected chi connectivity index (χ2v) is 7.46. The minimum absolute atomic E-state index is 0.0272. The summed E-state index contributed by atoms with van der Waals surface area (Å²) in [4.78, 5) is 19.0. The average molecular weight is 327 g/mol. The summed E-state index contributed by atoms with van der Waals surface area (Å²) in [5.41, 5.74) is 1.05. The third-order valence-corrected chi connectivity index (χ3v) is 4.54. The molecule has 24 heavy (non-hydrogen) atoms. The van der Waals surface area contributed by atoms with E-state index in [1.165, 1.54) is 0 Å². The van der Waals surface area contributed by atoms with E-state index in [4.69, 9.17) is 4.74 Å². The molecule has 1 aromatic carbocycles. The van der Waals surface area contributed by atoms with Crippen LogP contribution in [0.5, 0.6) is 0 Å². The Morgan fingerprint density at radius 2 is 1.92 bits per heavy atom. The van der Waals surface area contributed by atoms with Crippen LogP contribution in [0.25, 0.3) is 0 Å². The molecule has 5 heteroatoms. The van der Waals surface area contributed by atoms with E-state index in [1.54, 1.807) is 17.0 Å². The fourth-order valence-corrected chi connectivity index (χ4v) is 2.97. The highest BCUT2D eigenvalue weighted by atomic mass is 16.5. The van der Waals surface area contributed by atoms with Crippen molar-refractivity contribution in [3.63, 3.8) is 0 Å². The summed E-state index contributed by atoms with van der Waals surface area (Å²) >= 11 is 0. The number of carbonyl (C=O) groups is 1. The van der Waals surface area contributed by atoms with Crippen molar-refractivity contribution in [3.05, 3.63) is 54.1 Å². The third kappa shape index (κ3) is 3.36. The summed E-state index contributed by atoms with van der Waals surface area (Å²) in [5, 5.41) is 0. The van der Waals surface area contributed by atoms with Gasteiger partial charge in [0.2, 0.25) is 0 Å². The number of aryl methyl sites for hydroxylation is 1. The van der Waals surface area contributed by atoms with Crippen LogP contribution in [0.1, 0.15) is 43.1 Å². The number of imidazole rings is 1. The molecule has 0 aliphatic carbocycles. The second-order valence-electron chi connectivity index (χ2n) is 7.46. The van der Waals surface area contributed by atoms with E-state index in [9.17, 15) is 4.79 Å². The minimum atomic E-state index is -0.117. The first kappa shape index (κ1) is 16.7. The Hall–Kier alpha value is -2.14. The molecule has 2 atom stereocenters. The molecular weight excluding hydrogens is 302 g/mol. The molecule has 1 aliphatic heterocycles. The Labute approximate surface area is 143 Å². The van der Waals surface area contributed by atoms with Gasteiger partial charge in [-0.2, -0.15) is 0 Å². The first-order valence-corrected chi connectivity index (χ1v) is 8.33. The summed E-state index contributed by atoms with van der Waals surface area (Å²) in [5.74, 6) is 0.428. The van der Waals surface area contributed by atoms with Crippen molar-refractivity contribution in [2.45, 2.75) is 33.0 Å². The van der Waals surface area contributed by atoms with Gasteiger partial charge in [-0.25, -0.2) is 4.98 Å². The SMILES string of the molecule is Cn1ccnc1C(=O)N1C[C@@H](c2ccccc2)O[C@@H](C(C)(C)C)C1. The standard InChI is InChI=1S/C19H25N3O2/c1-19(2,3)16-13-22(18(23)17-20-10-11-21(17)4)12-15(24-16)14-8-6-5-7-9-14/h5-11,15-16H,12-13H2,1-4H3/t15-,16+/m0/s1. The smallest absolute Gasteiger partial charge is 0.290 e. The third-order valence-electron chi connectivity index (χ3n) is 4.54. The van der Waals surface area contributed by atoms with Gasteiger partial charge in [0.15, 0.2) is 5.82 Å². The zero-order chi connectivity index (χ0) is 17.3. The summed E-state index contributed by atoms with van der Waals surface area (Å²) in [6.45, 7) is 7.57. The van der Waals surface area contributed by atoms with Gasteiger partial charge in [0.1, 0.15) is 6.10 Å². The monoisotopic (exact) mass is 327 g/mol. The van der Waals surface area contributed by atoms with Gasteiger partial charge in [0.25, 0.3) is 5.91 Å². The van der Waals surface area contributed by atoms with Gasteiger partial charge in [-0.15, -0.1) is 0 Å².